The molecular weight excluding hydrogens is 359 g/mol. The zero-order chi connectivity index (χ0) is 18.6. The molecule has 1 aromatic heterocycles. The molecule has 0 fully saturated rings. The highest BCUT2D eigenvalue weighted by Crippen LogP contribution is 2.26. The Bertz CT molecular complexity index is 995. The molecule has 0 saturated carbocycles. The Morgan fingerprint density at radius 1 is 1.15 bits per heavy atom. The normalized spacial score (nSPS) is 17.1. The minimum absolute atomic E-state index is 0.168. The van der Waals surface area contributed by atoms with Crippen molar-refractivity contribution in [2.24, 2.45) is 0 Å². The summed E-state index contributed by atoms with van der Waals surface area (Å²) >= 11 is 1.62. The molecule has 3 aromatic rings. The maximum Gasteiger partial charge on any atom is 0.159 e. The highest BCUT2D eigenvalue weighted by molar-refractivity contribution is 7.99. The van der Waals surface area contributed by atoms with Crippen LogP contribution in [0.5, 0.6) is 0 Å². The number of aromatic amines is 1. The fourth-order valence-corrected chi connectivity index (χ4v) is 4.45. The van der Waals surface area contributed by atoms with Crippen molar-refractivity contribution in [1.29, 1.82) is 0 Å². The summed E-state index contributed by atoms with van der Waals surface area (Å²) in [6.07, 6.45) is 4.52. The van der Waals surface area contributed by atoms with Gasteiger partial charge in [-0.1, -0.05) is 42.5 Å². The van der Waals surface area contributed by atoms with Gasteiger partial charge in [-0.05, 0) is 29.7 Å². The molecule has 0 saturated heterocycles. The molecule has 4 rings (SSSR count). The Morgan fingerprint density at radius 3 is 2.85 bits per heavy atom. The molecule has 1 aliphatic heterocycles. The van der Waals surface area contributed by atoms with Crippen LogP contribution in [0.25, 0.3) is 16.5 Å². The molecule has 0 radical (unpaired) electrons. The molecule has 2 aromatic carbocycles. The number of rotatable bonds is 6. The van der Waals surface area contributed by atoms with E-state index >= 15 is 0 Å². The van der Waals surface area contributed by atoms with E-state index < -0.39 is 0 Å². The molecule has 27 heavy (non-hydrogen) atoms. The van der Waals surface area contributed by atoms with Gasteiger partial charge < -0.3 is 10.3 Å². The third kappa shape index (κ3) is 3.99. The third-order valence-electron chi connectivity index (χ3n) is 4.92. The third-order valence-corrected chi connectivity index (χ3v) is 5.93. The molecule has 0 bridgehead atoms. The van der Waals surface area contributed by atoms with Gasteiger partial charge in [-0.15, -0.1) is 11.8 Å². The standard InChI is InChI=1S/C22H21FN2OS/c23-19-7-3-1-5-17(19)15-9-10-24-21(11-15)22(26)14-27-13-16-12-25-20-8-4-2-6-18(16)20/h1-9,12,21,24-25H,10-11,13-14H2. The number of para-hydroxylation sites is 1. The van der Waals surface area contributed by atoms with Gasteiger partial charge in [0.2, 0.25) is 0 Å². The number of nitrogens with one attached hydrogen (secondary N) is 2. The molecule has 138 valence electrons. The number of Topliss-reactive ketones (excluding diaryl/α,β-unsaturated/α-hetero) is 1. The van der Waals surface area contributed by atoms with Crippen molar-refractivity contribution in [1.82, 2.24) is 10.3 Å². The summed E-state index contributed by atoms with van der Waals surface area (Å²) in [6.45, 7) is 0.590. The minimum Gasteiger partial charge on any atom is -0.361 e. The number of fused-ring (bicyclic) bond motifs is 1. The second-order valence-electron chi connectivity index (χ2n) is 6.69. The molecule has 2 N–H and O–H groups in total. The van der Waals surface area contributed by atoms with E-state index in [2.05, 4.69) is 22.4 Å². The van der Waals surface area contributed by atoms with Crippen LogP contribution in [0.15, 0.2) is 60.8 Å². The number of hydrogen-bond acceptors (Lipinski definition) is 3. The number of H-pyrrole nitrogens is 1. The highest BCUT2D eigenvalue weighted by atomic mass is 32.2. The highest BCUT2D eigenvalue weighted by Gasteiger charge is 2.23. The van der Waals surface area contributed by atoms with E-state index in [1.165, 1.54) is 17.0 Å². The first-order valence-electron chi connectivity index (χ1n) is 9.05. The van der Waals surface area contributed by atoms with E-state index in [1.54, 1.807) is 23.9 Å². The molecule has 0 spiro atoms. The summed E-state index contributed by atoms with van der Waals surface area (Å²) in [5, 5.41) is 4.45. The van der Waals surface area contributed by atoms with Crippen LogP contribution in [-0.4, -0.2) is 29.1 Å². The smallest absolute Gasteiger partial charge is 0.159 e. The van der Waals surface area contributed by atoms with Gasteiger partial charge in [0.05, 0.1) is 11.8 Å². The monoisotopic (exact) mass is 380 g/mol. The van der Waals surface area contributed by atoms with Crippen LogP contribution < -0.4 is 5.32 Å². The van der Waals surface area contributed by atoms with E-state index in [9.17, 15) is 9.18 Å². The van der Waals surface area contributed by atoms with Crippen LogP contribution in [-0.2, 0) is 10.5 Å². The second-order valence-corrected chi connectivity index (χ2v) is 7.68. The molecule has 1 aliphatic rings. The van der Waals surface area contributed by atoms with E-state index in [0.29, 0.717) is 24.3 Å². The lowest BCUT2D eigenvalue weighted by atomic mass is 9.93. The first-order valence-corrected chi connectivity index (χ1v) is 10.2. The van der Waals surface area contributed by atoms with Crippen LogP contribution >= 0.6 is 11.8 Å². The van der Waals surface area contributed by atoms with Crippen LogP contribution in [0.4, 0.5) is 4.39 Å². The number of carbonyl (C=O) groups is 1. The Labute approximate surface area is 162 Å². The lowest BCUT2D eigenvalue weighted by molar-refractivity contribution is -0.118. The summed E-state index contributed by atoms with van der Waals surface area (Å²) in [5.74, 6) is 1.17. The van der Waals surface area contributed by atoms with Crippen molar-refractivity contribution in [3.63, 3.8) is 0 Å². The fraction of sp³-hybridized carbons (Fsp3) is 0.227. The largest absolute Gasteiger partial charge is 0.361 e. The number of thioether (sulfide) groups is 1. The Kier molecular flexibility index (Phi) is 5.41. The fourth-order valence-electron chi connectivity index (χ4n) is 3.48. The van der Waals surface area contributed by atoms with E-state index in [-0.39, 0.29) is 17.6 Å². The van der Waals surface area contributed by atoms with E-state index in [1.807, 2.05) is 30.5 Å². The molecule has 0 aliphatic carbocycles. The molecule has 5 heteroatoms. The van der Waals surface area contributed by atoms with Crippen molar-refractivity contribution >= 4 is 34.0 Å². The predicted octanol–water partition coefficient (Wildman–Crippen LogP) is 4.55. The summed E-state index contributed by atoms with van der Waals surface area (Å²) < 4.78 is 14.0. The summed E-state index contributed by atoms with van der Waals surface area (Å²) in [4.78, 5) is 15.9. The van der Waals surface area contributed by atoms with Gasteiger partial charge in [-0.3, -0.25) is 4.79 Å². The van der Waals surface area contributed by atoms with Crippen LogP contribution in [0, 0.1) is 5.82 Å². The van der Waals surface area contributed by atoms with E-state index in [4.69, 9.17) is 0 Å². The van der Waals surface area contributed by atoms with Gasteiger partial charge in [0.25, 0.3) is 0 Å². The average Bonchev–Trinajstić information content (AvgIpc) is 3.12. The van der Waals surface area contributed by atoms with Gasteiger partial charge in [0.15, 0.2) is 5.78 Å². The van der Waals surface area contributed by atoms with Crippen LogP contribution in [0.3, 0.4) is 0 Å². The Balaban J connectivity index is 1.35. The summed E-state index contributed by atoms with van der Waals surface area (Å²) in [7, 11) is 0. The van der Waals surface area contributed by atoms with Gasteiger partial charge in [-0.25, -0.2) is 4.39 Å². The number of aromatic nitrogens is 1. The molecular formula is C22H21FN2OS. The van der Waals surface area contributed by atoms with E-state index in [0.717, 1.165) is 16.8 Å². The minimum atomic E-state index is -0.250. The first kappa shape index (κ1) is 18.0. The number of halogens is 1. The SMILES string of the molecule is O=C(CSCc1c[nH]c2ccccc12)C1CC(c2ccccc2F)=CCN1. The van der Waals surface area contributed by atoms with Crippen molar-refractivity contribution in [3.8, 4) is 0 Å². The molecule has 3 nitrogen and oxygen atoms in total. The van der Waals surface area contributed by atoms with Gasteiger partial charge in [0, 0.05) is 35.0 Å². The zero-order valence-electron chi connectivity index (χ0n) is 14.9. The second kappa shape index (κ2) is 8.11. The Hall–Kier alpha value is -2.37. The number of benzene rings is 2. The van der Waals surface area contributed by atoms with Crippen molar-refractivity contribution < 1.29 is 9.18 Å². The number of ketones is 1. The Morgan fingerprint density at radius 2 is 1.96 bits per heavy atom. The molecule has 1 unspecified atom stereocenters. The quantitative estimate of drug-likeness (QED) is 0.659. The maximum absolute atomic E-state index is 14.0. The molecule has 0 amide bonds. The van der Waals surface area contributed by atoms with Gasteiger partial charge in [-0.2, -0.15) is 0 Å². The average molecular weight is 380 g/mol. The summed E-state index contributed by atoms with van der Waals surface area (Å²) in [5.41, 5.74) is 3.84. The van der Waals surface area contributed by atoms with Gasteiger partial charge in [0.1, 0.15) is 5.82 Å². The van der Waals surface area contributed by atoms with Gasteiger partial charge >= 0.3 is 0 Å². The number of carbonyl (C=O) groups excluding carboxylic acids is 1. The molecule has 1 atom stereocenters. The van der Waals surface area contributed by atoms with Crippen molar-refractivity contribution in [2.45, 2.75) is 18.2 Å². The zero-order valence-corrected chi connectivity index (χ0v) is 15.7. The maximum atomic E-state index is 14.0. The first-order chi connectivity index (χ1) is 13.2. The lowest BCUT2D eigenvalue weighted by Gasteiger charge is -2.23. The van der Waals surface area contributed by atoms with Crippen LogP contribution in [0.1, 0.15) is 17.5 Å². The molecule has 2 heterocycles. The number of hydrogen-bond donors (Lipinski definition) is 2. The topological polar surface area (TPSA) is 44.9 Å². The predicted molar refractivity (Wildman–Crippen MR) is 110 cm³/mol. The van der Waals surface area contributed by atoms with Crippen molar-refractivity contribution in [2.75, 3.05) is 12.3 Å². The lowest BCUT2D eigenvalue weighted by Crippen LogP contribution is -2.40. The van der Waals surface area contributed by atoms with Crippen LogP contribution in [0.2, 0.25) is 0 Å². The summed E-state index contributed by atoms with van der Waals surface area (Å²) in [6, 6.07) is 14.7. The van der Waals surface area contributed by atoms with Crippen molar-refractivity contribution in [3.05, 3.63) is 77.7 Å².